The SMILES string of the molecule is CC(=O)NC1C2CC3CC(C2)CC1(C(=O)O)C3. The molecule has 0 radical (unpaired) electrons. The van der Waals surface area contributed by atoms with Gasteiger partial charge in [0.05, 0.1) is 5.41 Å². The number of carbonyl (C=O) groups is 2. The molecule has 1 amide bonds. The summed E-state index contributed by atoms with van der Waals surface area (Å²) in [7, 11) is 0. The van der Waals surface area contributed by atoms with Gasteiger partial charge in [0, 0.05) is 13.0 Å². The van der Waals surface area contributed by atoms with Crippen molar-refractivity contribution in [3.8, 4) is 0 Å². The van der Waals surface area contributed by atoms with Gasteiger partial charge in [-0.3, -0.25) is 9.59 Å². The van der Waals surface area contributed by atoms with Gasteiger partial charge in [-0.1, -0.05) is 0 Å². The molecule has 3 atom stereocenters. The molecule has 4 aliphatic carbocycles. The van der Waals surface area contributed by atoms with Crippen LogP contribution in [0.2, 0.25) is 0 Å². The van der Waals surface area contributed by atoms with E-state index in [4.69, 9.17) is 0 Å². The molecule has 4 aliphatic rings. The second kappa shape index (κ2) is 3.47. The van der Waals surface area contributed by atoms with Gasteiger partial charge >= 0.3 is 5.97 Å². The first-order valence-corrected chi connectivity index (χ1v) is 6.52. The van der Waals surface area contributed by atoms with E-state index in [-0.39, 0.29) is 11.9 Å². The fourth-order valence-electron chi connectivity index (χ4n) is 4.82. The minimum Gasteiger partial charge on any atom is -0.481 e. The first-order chi connectivity index (χ1) is 8.01. The van der Waals surface area contributed by atoms with Crippen molar-refractivity contribution in [2.45, 2.75) is 45.1 Å². The van der Waals surface area contributed by atoms with E-state index < -0.39 is 11.4 Å². The van der Waals surface area contributed by atoms with Crippen molar-refractivity contribution in [1.29, 1.82) is 0 Å². The molecule has 4 saturated carbocycles. The zero-order valence-corrected chi connectivity index (χ0v) is 10.1. The summed E-state index contributed by atoms with van der Waals surface area (Å²) in [5.41, 5.74) is -0.666. The van der Waals surface area contributed by atoms with Crippen LogP contribution >= 0.6 is 0 Å². The monoisotopic (exact) mass is 237 g/mol. The summed E-state index contributed by atoms with van der Waals surface area (Å²) < 4.78 is 0. The first kappa shape index (κ1) is 11.1. The van der Waals surface area contributed by atoms with Crippen LogP contribution < -0.4 is 5.32 Å². The highest BCUT2D eigenvalue weighted by Crippen LogP contribution is 2.60. The molecule has 0 aliphatic heterocycles. The molecular formula is C13H19NO3. The Labute approximate surface area is 101 Å². The Hall–Kier alpha value is -1.06. The third-order valence-electron chi connectivity index (χ3n) is 5.10. The average Bonchev–Trinajstić information content (AvgIpc) is 2.21. The van der Waals surface area contributed by atoms with Gasteiger partial charge in [-0.2, -0.15) is 0 Å². The van der Waals surface area contributed by atoms with Crippen LogP contribution in [0.25, 0.3) is 0 Å². The fourth-order valence-corrected chi connectivity index (χ4v) is 4.82. The van der Waals surface area contributed by atoms with Crippen molar-refractivity contribution in [2.75, 3.05) is 0 Å². The van der Waals surface area contributed by atoms with Gasteiger partial charge in [0.2, 0.25) is 5.91 Å². The summed E-state index contributed by atoms with van der Waals surface area (Å²) in [5, 5.41) is 12.5. The summed E-state index contributed by atoms with van der Waals surface area (Å²) in [6.07, 6.45) is 4.95. The quantitative estimate of drug-likeness (QED) is 0.763. The minimum atomic E-state index is -0.699. The van der Waals surface area contributed by atoms with Crippen molar-refractivity contribution in [2.24, 2.45) is 23.2 Å². The Morgan fingerprint density at radius 2 is 1.76 bits per heavy atom. The topological polar surface area (TPSA) is 66.4 Å². The lowest BCUT2D eigenvalue weighted by molar-refractivity contribution is -0.171. The third kappa shape index (κ3) is 1.49. The number of hydrogen-bond donors (Lipinski definition) is 2. The van der Waals surface area contributed by atoms with Gasteiger partial charge in [-0.25, -0.2) is 0 Å². The van der Waals surface area contributed by atoms with Gasteiger partial charge in [-0.15, -0.1) is 0 Å². The largest absolute Gasteiger partial charge is 0.481 e. The molecule has 4 nitrogen and oxygen atoms in total. The maximum Gasteiger partial charge on any atom is 0.311 e. The van der Waals surface area contributed by atoms with E-state index in [2.05, 4.69) is 5.32 Å². The van der Waals surface area contributed by atoms with E-state index in [1.165, 1.54) is 13.3 Å². The van der Waals surface area contributed by atoms with Crippen molar-refractivity contribution in [3.05, 3.63) is 0 Å². The highest BCUT2D eigenvalue weighted by Gasteiger charge is 2.61. The number of hydrogen-bond acceptors (Lipinski definition) is 2. The third-order valence-corrected chi connectivity index (χ3v) is 5.10. The molecule has 3 unspecified atom stereocenters. The lowest BCUT2D eigenvalue weighted by Crippen LogP contribution is -2.64. The highest BCUT2D eigenvalue weighted by molar-refractivity contribution is 5.79. The molecule has 0 aromatic carbocycles. The number of carboxylic acids is 1. The summed E-state index contributed by atoms with van der Waals surface area (Å²) in [4.78, 5) is 23.0. The van der Waals surface area contributed by atoms with Crippen LogP contribution in [0, 0.1) is 23.2 Å². The molecule has 0 heterocycles. The lowest BCUT2D eigenvalue weighted by Gasteiger charge is -2.59. The van der Waals surface area contributed by atoms with Crippen molar-refractivity contribution >= 4 is 11.9 Å². The normalized spacial score (nSPS) is 46.9. The second-order valence-corrected chi connectivity index (χ2v) is 6.25. The Kier molecular flexibility index (Phi) is 2.25. The molecule has 4 rings (SSSR count). The fraction of sp³-hybridized carbons (Fsp3) is 0.846. The molecule has 4 heteroatoms. The molecular weight excluding hydrogens is 218 g/mol. The predicted molar refractivity (Wildman–Crippen MR) is 61.2 cm³/mol. The summed E-state index contributed by atoms with van der Waals surface area (Å²) in [6, 6.07) is -0.134. The van der Waals surface area contributed by atoms with Gasteiger partial charge in [0.25, 0.3) is 0 Å². The lowest BCUT2D eigenvalue weighted by atomic mass is 9.47. The van der Waals surface area contributed by atoms with Crippen molar-refractivity contribution in [3.63, 3.8) is 0 Å². The molecule has 4 bridgehead atoms. The average molecular weight is 237 g/mol. The molecule has 2 N–H and O–H groups in total. The summed E-state index contributed by atoms with van der Waals surface area (Å²) in [6.45, 7) is 1.49. The van der Waals surface area contributed by atoms with Crippen LogP contribution in [0.3, 0.4) is 0 Å². The van der Waals surface area contributed by atoms with E-state index in [1.54, 1.807) is 0 Å². The van der Waals surface area contributed by atoms with Crippen LogP contribution in [-0.2, 0) is 9.59 Å². The number of carboxylic acid groups (broad SMARTS) is 1. The zero-order valence-electron chi connectivity index (χ0n) is 10.1. The molecule has 17 heavy (non-hydrogen) atoms. The van der Waals surface area contributed by atoms with Crippen molar-refractivity contribution < 1.29 is 14.7 Å². The molecule has 0 aromatic heterocycles. The Bertz CT molecular complexity index is 365. The van der Waals surface area contributed by atoms with Crippen LogP contribution in [0.15, 0.2) is 0 Å². The van der Waals surface area contributed by atoms with E-state index in [0.29, 0.717) is 17.8 Å². The minimum absolute atomic E-state index is 0.0944. The van der Waals surface area contributed by atoms with Gasteiger partial charge in [0.1, 0.15) is 0 Å². The number of carbonyl (C=O) groups excluding carboxylic acids is 1. The standard InChI is InChI=1S/C13H19NO3/c1-7(15)14-11-10-3-8-2-9(4-10)6-13(11,5-8)12(16)17/h8-11H,2-6H2,1H3,(H,14,15)(H,16,17). The van der Waals surface area contributed by atoms with Crippen LogP contribution in [0.1, 0.15) is 39.0 Å². The Morgan fingerprint density at radius 1 is 1.18 bits per heavy atom. The maximum absolute atomic E-state index is 11.7. The number of rotatable bonds is 2. The molecule has 4 fully saturated rings. The summed E-state index contributed by atoms with van der Waals surface area (Å²) >= 11 is 0. The Balaban J connectivity index is 1.96. The van der Waals surface area contributed by atoms with E-state index in [9.17, 15) is 14.7 Å². The van der Waals surface area contributed by atoms with E-state index in [0.717, 1.165) is 25.7 Å². The van der Waals surface area contributed by atoms with Gasteiger partial charge < -0.3 is 10.4 Å². The van der Waals surface area contributed by atoms with Gasteiger partial charge in [-0.05, 0) is 49.9 Å². The first-order valence-electron chi connectivity index (χ1n) is 6.52. The molecule has 0 saturated heterocycles. The van der Waals surface area contributed by atoms with Crippen LogP contribution in [-0.4, -0.2) is 23.0 Å². The molecule has 0 aromatic rings. The Morgan fingerprint density at radius 3 is 2.24 bits per heavy atom. The number of aliphatic carboxylic acids is 1. The van der Waals surface area contributed by atoms with E-state index >= 15 is 0 Å². The number of amides is 1. The molecule has 94 valence electrons. The van der Waals surface area contributed by atoms with Crippen LogP contribution in [0.4, 0.5) is 0 Å². The van der Waals surface area contributed by atoms with Crippen molar-refractivity contribution in [1.82, 2.24) is 5.32 Å². The highest BCUT2D eigenvalue weighted by atomic mass is 16.4. The maximum atomic E-state index is 11.7. The van der Waals surface area contributed by atoms with Gasteiger partial charge in [0.15, 0.2) is 0 Å². The number of nitrogens with one attached hydrogen (secondary N) is 1. The van der Waals surface area contributed by atoms with Crippen LogP contribution in [0.5, 0.6) is 0 Å². The summed E-state index contributed by atoms with van der Waals surface area (Å²) in [5.74, 6) is 0.752. The molecule has 0 spiro atoms. The second-order valence-electron chi connectivity index (χ2n) is 6.25. The predicted octanol–water partition coefficient (Wildman–Crippen LogP) is 1.40. The zero-order chi connectivity index (χ0) is 12.2. The van der Waals surface area contributed by atoms with E-state index in [1.807, 2.05) is 0 Å². The smallest absolute Gasteiger partial charge is 0.311 e.